The summed E-state index contributed by atoms with van der Waals surface area (Å²) in [7, 11) is 0. The van der Waals surface area contributed by atoms with Crippen LogP contribution in [0.5, 0.6) is 0 Å². The van der Waals surface area contributed by atoms with Gasteiger partial charge >= 0.3 is 0 Å². The molecule has 2 heterocycles. The van der Waals surface area contributed by atoms with Crippen LogP contribution in [-0.2, 0) is 11.3 Å². The molecule has 6 rings (SSSR count). The molecule has 0 aromatic heterocycles. The summed E-state index contributed by atoms with van der Waals surface area (Å²) in [4.78, 5) is 12.9. The fourth-order valence-electron chi connectivity index (χ4n) is 4.99. The highest BCUT2D eigenvalue weighted by atomic mass is 19.1. The minimum absolute atomic E-state index is 0.00266. The van der Waals surface area contributed by atoms with E-state index in [1.54, 1.807) is 30.3 Å². The summed E-state index contributed by atoms with van der Waals surface area (Å²) in [6.07, 6.45) is -0.559. The SMILES string of the molecule is N=C(N)c1ccc(CNC(=O)c2ccc3c(c2)C2OC3c3ccc(-c4ccccc4F)cc32)c(F)c1. The van der Waals surface area contributed by atoms with Gasteiger partial charge in [-0.05, 0) is 58.1 Å². The number of amides is 1. The minimum atomic E-state index is -0.537. The van der Waals surface area contributed by atoms with Gasteiger partial charge in [-0.3, -0.25) is 10.2 Å². The monoisotopic (exact) mass is 481 g/mol. The van der Waals surface area contributed by atoms with Crippen molar-refractivity contribution in [3.63, 3.8) is 0 Å². The molecule has 2 aliphatic heterocycles. The first-order chi connectivity index (χ1) is 17.4. The van der Waals surface area contributed by atoms with E-state index in [9.17, 15) is 13.6 Å². The highest BCUT2D eigenvalue weighted by Crippen LogP contribution is 2.54. The number of hydrogen-bond donors (Lipinski definition) is 3. The van der Waals surface area contributed by atoms with E-state index in [-0.39, 0.29) is 41.9 Å². The number of halogens is 2. The van der Waals surface area contributed by atoms with E-state index in [1.165, 1.54) is 18.2 Å². The summed E-state index contributed by atoms with van der Waals surface area (Å²) in [5.41, 5.74) is 11.7. The van der Waals surface area contributed by atoms with Crippen LogP contribution in [-0.4, -0.2) is 11.7 Å². The number of nitrogen functional groups attached to an aromatic ring is 1. The molecule has 4 aromatic rings. The van der Waals surface area contributed by atoms with Crippen molar-refractivity contribution in [3.8, 4) is 11.1 Å². The van der Waals surface area contributed by atoms with Crippen LogP contribution in [0.1, 0.15) is 55.9 Å². The zero-order valence-electron chi connectivity index (χ0n) is 19.0. The molecule has 0 radical (unpaired) electrons. The summed E-state index contributed by atoms with van der Waals surface area (Å²) in [6, 6.07) is 22.2. The lowest BCUT2D eigenvalue weighted by molar-refractivity contribution is 0.0857. The molecule has 7 heteroatoms. The van der Waals surface area contributed by atoms with Gasteiger partial charge < -0.3 is 15.8 Å². The molecule has 4 aromatic carbocycles. The predicted molar refractivity (Wildman–Crippen MR) is 132 cm³/mol. The van der Waals surface area contributed by atoms with E-state index in [0.29, 0.717) is 16.7 Å². The van der Waals surface area contributed by atoms with Crippen LogP contribution in [0, 0.1) is 17.0 Å². The van der Waals surface area contributed by atoms with Crippen LogP contribution in [0.3, 0.4) is 0 Å². The van der Waals surface area contributed by atoms with Crippen LogP contribution in [0.25, 0.3) is 11.1 Å². The van der Waals surface area contributed by atoms with Crippen molar-refractivity contribution in [2.24, 2.45) is 5.73 Å². The van der Waals surface area contributed by atoms with Gasteiger partial charge in [0.25, 0.3) is 5.91 Å². The topological polar surface area (TPSA) is 88.2 Å². The average Bonchev–Trinajstić information content (AvgIpc) is 3.45. The fourth-order valence-corrected chi connectivity index (χ4v) is 4.99. The Bertz CT molecular complexity index is 1570. The molecule has 0 aliphatic carbocycles. The van der Waals surface area contributed by atoms with Gasteiger partial charge in [-0.25, -0.2) is 8.78 Å². The van der Waals surface area contributed by atoms with Crippen LogP contribution in [0.4, 0.5) is 8.78 Å². The van der Waals surface area contributed by atoms with Gasteiger partial charge in [0.1, 0.15) is 29.7 Å². The second kappa shape index (κ2) is 8.39. The Hall–Kier alpha value is -4.36. The molecule has 5 nitrogen and oxygen atoms in total. The van der Waals surface area contributed by atoms with Crippen molar-refractivity contribution in [3.05, 3.63) is 129 Å². The quantitative estimate of drug-likeness (QED) is 0.265. The number of ether oxygens (including phenoxy) is 1. The summed E-state index contributed by atoms with van der Waals surface area (Å²) in [5, 5.41) is 10.2. The molecule has 2 unspecified atom stereocenters. The number of amidine groups is 1. The number of nitrogens with one attached hydrogen (secondary N) is 2. The van der Waals surface area contributed by atoms with Crippen molar-refractivity contribution < 1.29 is 18.3 Å². The van der Waals surface area contributed by atoms with Crippen LogP contribution < -0.4 is 11.1 Å². The summed E-state index contributed by atoms with van der Waals surface area (Å²) in [5.74, 6) is -1.38. The Kier molecular flexibility index (Phi) is 5.16. The van der Waals surface area contributed by atoms with E-state index in [2.05, 4.69) is 5.32 Å². The molecular formula is C29H21F2N3O2. The highest BCUT2D eigenvalue weighted by molar-refractivity contribution is 5.95. The molecule has 0 fully saturated rings. The molecule has 178 valence electrons. The third kappa shape index (κ3) is 3.56. The van der Waals surface area contributed by atoms with Crippen molar-refractivity contribution in [2.45, 2.75) is 18.8 Å². The maximum absolute atomic E-state index is 14.4. The van der Waals surface area contributed by atoms with Crippen LogP contribution >= 0.6 is 0 Å². The van der Waals surface area contributed by atoms with Crippen LogP contribution in [0.15, 0.2) is 78.9 Å². The lowest BCUT2D eigenvalue weighted by atomic mass is 9.83. The molecule has 2 aliphatic rings. The molecule has 4 N–H and O–H groups in total. The number of nitrogens with two attached hydrogens (primary N) is 1. The van der Waals surface area contributed by atoms with E-state index >= 15 is 0 Å². The Labute approximate surface area is 206 Å². The van der Waals surface area contributed by atoms with E-state index in [4.69, 9.17) is 15.9 Å². The highest BCUT2D eigenvalue weighted by Gasteiger charge is 2.43. The molecule has 36 heavy (non-hydrogen) atoms. The summed E-state index contributed by atoms with van der Waals surface area (Å²) < 4.78 is 34.9. The third-order valence-electron chi connectivity index (χ3n) is 6.83. The van der Waals surface area contributed by atoms with Crippen molar-refractivity contribution in [1.29, 1.82) is 5.41 Å². The molecule has 0 saturated carbocycles. The summed E-state index contributed by atoms with van der Waals surface area (Å²) >= 11 is 0. The van der Waals surface area contributed by atoms with Crippen LogP contribution in [0.2, 0.25) is 0 Å². The number of benzene rings is 4. The molecule has 2 bridgehead atoms. The number of rotatable bonds is 5. The number of fused-ring (bicyclic) bond motifs is 8. The number of hydrogen-bond acceptors (Lipinski definition) is 3. The number of carbonyl (C=O) groups excluding carboxylic acids is 1. The first-order valence-electron chi connectivity index (χ1n) is 11.5. The first kappa shape index (κ1) is 22.1. The zero-order chi connectivity index (χ0) is 25.0. The van der Waals surface area contributed by atoms with Crippen molar-refractivity contribution in [2.75, 3.05) is 0 Å². The Morgan fingerprint density at radius 3 is 2.28 bits per heavy atom. The summed E-state index contributed by atoms with van der Waals surface area (Å²) in [6.45, 7) is -0.00266. The first-order valence-corrected chi connectivity index (χ1v) is 11.5. The maximum Gasteiger partial charge on any atom is 0.251 e. The number of carbonyl (C=O) groups is 1. The van der Waals surface area contributed by atoms with Crippen molar-refractivity contribution in [1.82, 2.24) is 5.32 Å². The largest absolute Gasteiger partial charge is 0.384 e. The molecule has 0 spiro atoms. The van der Waals surface area contributed by atoms with Gasteiger partial charge in [-0.15, -0.1) is 0 Å². The van der Waals surface area contributed by atoms with Gasteiger partial charge in [0.2, 0.25) is 0 Å². The van der Waals surface area contributed by atoms with Gasteiger partial charge in [-0.2, -0.15) is 0 Å². The molecular weight excluding hydrogens is 460 g/mol. The normalized spacial score (nSPS) is 16.9. The molecule has 1 amide bonds. The minimum Gasteiger partial charge on any atom is -0.384 e. The lowest BCUT2D eigenvalue weighted by Gasteiger charge is -2.18. The second-order valence-corrected chi connectivity index (χ2v) is 8.97. The smallest absolute Gasteiger partial charge is 0.251 e. The molecule has 0 saturated heterocycles. The Balaban J connectivity index is 1.24. The van der Waals surface area contributed by atoms with Crippen molar-refractivity contribution >= 4 is 11.7 Å². The van der Waals surface area contributed by atoms with Gasteiger partial charge in [0, 0.05) is 28.8 Å². The lowest BCUT2D eigenvalue weighted by Crippen LogP contribution is -2.24. The van der Waals surface area contributed by atoms with Gasteiger partial charge in [0.15, 0.2) is 0 Å². The van der Waals surface area contributed by atoms with E-state index in [0.717, 1.165) is 27.8 Å². The molecule has 2 atom stereocenters. The van der Waals surface area contributed by atoms with E-state index < -0.39 is 5.82 Å². The fraction of sp³-hybridized carbons (Fsp3) is 0.103. The Morgan fingerprint density at radius 2 is 1.53 bits per heavy atom. The third-order valence-corrected chi connectivity index (χ3v) is 6.83. The second-order valence-electron chi connectivity index (χ2n) is 8.97. The predicted octanol–water partition coefficient (Wildman–Crippen LogP) is 5.37. The van der Waals surface area contributed by atoms with E-state index in [1.807, 2.05) is 30.3 Å². The van der Waals surface area contributed by atoms with Gasteiger partial charge in [-0.1, -0.05) is 48.5 Å². The Morgan fingerprint density at radius 1 is 0.833 bits per heavy atom. The standard InChI is InChI=1S/C29H21F2N3O2/c30-24-4-2-1-3-19(24)15-7-9-20-22(11-15)27-23-12-17(8-10-21(23)26(20)36-27)29(35)34-14-18-6-5-16(28(32)33)13-25(18)31/h1-13,26-27H,14H2,(H3,32,33)(H,34,35). The maximum atomic E-state index is 14.4. The van der Waals surface area contributed by atoms with Gasteiger partial charge in [0.05, 0.1) is 0 Å². The average molecular weight is 482 g/mol. The zero-order valence-corrected chi connectivity index (χ0v) is 19.0.